The van der Waals surface area contributed by atoms with Crippen molar-refractivity contribution < 1.29 is 19.8 Å². The number of benzene rings is 2. The summed E-state index contributed by atoms with van der Waals surface area (Å²) in [6.45, 7) is 5.12. The SMILES string of the molecule is Cl.Cl.O=C(NCCCCNC(=O)[C@@H]1[C@H]2C[C@H]3c4[nH]c5ccccc5c4CCN3C[C@@H]2CC[C@@H]1O)[C@@H]1[C@H]2C[C@H]3c4[nH]c5ccccc5c4CCN3C[C@@H]2CC[C@@H]1O. The van der Waals surface area contributed by atoms with Gasteiger partial charge in [0.05, 0.1) is 36.1 Å². The molecule has 0 bridgehead atoms. The molecule has 10 atom stereocenters. The average molecular weight is 806 g/mol. The molecule has 2 aromatic heterocycles. The Labute approximate surface area is 341 Å². The maximum absolute atomic E-state index is 13.8. The number of nitrogens with zero attached hydrogens (tertiary/aromatic N) is 2. The molecule has 0 spiro atoms. The molecule has 0 radical (unpaired) electrons. The minimum absolute atomic E-state index is 0. The van der Waals surface area contributed by atoms with Crippen LogP contribution in [0.2, 0.25) is 0 Å². The summed E-state index contributed by atoms with van der Waals surface area (Å²) in [4.78, 5) is 40.2. The highest BCUT2D eigenvalue weighted by Gasteiger charge is 2.50. The summed E-state index contributed by atoms with van der Waals surface area (Å²) in [6, 6.07) is 17.6. The Morgan fingerprint density at radius 3 is 1.52 bits per heavy atom. The number of fused-ring (bicyclic) bond motifs is 12. The third-order valence-corrected chi connectivity index (χ3v) is 14.9. The largest absolute Gasteiger partial charge is 0.392 e. The summed E-state index contributed by atoms with van der Waals surface area (Å²) >= 11 is 0. The Morgan fingerprint density at radius 2 is 1.07 bits per heavy atom. The van der Waals surface area contributed by atoms with Crippen LogP contribution in [0.5, 0.6) is 0 Å². The molecule has 2 saturated heterocycles. The second kappa shape index (κ2) is 16.3. The number of hydrogen-bond acceptors (Lipinski definition) is 6. The summed E-state index contributed by atoms with van der Waals surface area (Å²) in [5, 5.41) is 31.4. The molecule has 4 fully saturated rings. The number of piperidine rings is 2. The summed E-state index contributed by atoms with van der Waals surface area (Å²) < 4.78 is 0. The van der Waals surface area contributed by atoms with E-state index in [2.05, 4.69) is 78.9 Å². The molecule has 4 aromatic rings. The van der Waals surface area contributed by atoms with E-state index in [1.165, 1.54) is 44.3 Å². The predicted octanol–water partition coefficient (Wildman–Crippen LogP) is 5.82. The van der Waals surface area contributed by atoms with Gasteiger partial charge in [-0.25, -0.2) is 0 Å². The number of aliphatic hydroxyl groups excluding tert-OH is 2. The lowest BCUT2D eigenvalue weighted by atomic mass is 9.64. The van der Waals surface area contributed by atoms with Crippen LogP contribution in [0, 0.1) is 35.5 Å². The number of para-hydroxylation sites is 2. The van der Waals surface area contributed by atoms with Gasteiger partial charge < -0.3 is 30.8 Å². The summed E-state index contributed by atoms with van der Waals surface area (Å²) in [5.74, 6) is 0.323. The molecule has 6 heterocycles. The van der Waals surface area contributed by atoms with Gasteiger partial charge in [-0.1, -0.05) is 36.4 Å². The fourth-order valence-corrected chi connectivity index (χ4v) is 12.3. The van der Waals surface area contributed by atoms with Crippen LogP contribution in [0.1, 0.15) is 86.0 Å². The fraction of sp³-hybridized carbons (Fsp3) is 0.591. The van der Waals surface area contributed by atoms with Crippen LogP contribution in [0.15, 0.2) is 48.5 Å². The molecule has 4 aliphatic heterocycles. The number of carbonyl (C=O) groups excluding carboxylic acids is 2. The number of amides is 2. The molecule has 302 valence electrons. The van der Waals surface area contributed by atoms with Crippen LogP contribution in [0.4, 0.5) is 0 Å². The molecule has 2 aromatic carbocycles. The molecule has 6 N–H and O–H groups in total. The standard InChI is InChI=1S/C44H56N6O4.2ClH/c51-37-13-11-25-23-49-19-15-29-27-7-1-3-9-33(27)47-41(29)35(49)21-31(25)39(37)43(53)45-17-5-6-18-46-44(54)40-32-22-36-42-30(28-8-2-4-10-34(28)48-42)16-20-50(36)24-26(32)12-14-38(40)52;;/h1-4,7-10,25-26,31-32,35-40,47-48,51-52H,5-6,11-24H2,(H,45,53)(H,46,54);2*1H/t25-,26-,31-,32-,35-,36-,37-,38-,39+,40+;;/m0../s1. The van der Waals surface area contributed by atoms with Gasteiger partial charge in [-0.3, -0.25) is 19.4 Å². The van der Waals surface area contributed by atoms with E-state index in [4.69, 9.17) is 0 Å². The van der Waals surface area contributed by atoms with E-state index in [-0.39, 0.29) is 60.5 Å². The maximum atomic E-state index is 13.8. The van der Waals surface area contributed by atoms with Crippen LogP contribution in [-0.4, -0.2) is 93.3 Å². The van der Waals surface area contributed by atoms with Gasteiger partial charge in [0.15, 0.2) is 0 Å². The van der Waals surface area contributed by atoms with Gasteiger partial charge in [0.1, 0.15) is 0 Å². The Hall–Kier alpha value is -3.12. The summed E-state index contributed by atoms with van der Waals surface area (Å²) in [7, 11) is 0. The number of H-pyrrole nitrogens is 2. The summed E-state index contributed by atoms with van der Waals surface area (Å²) in [5.41, 5.74) is 7.84. The number of hydrogen-bond donors (Lipinski definition) is 6. The second-order valence-corrected chi connectivity index (χ2v) is 17.6. The van der Waals surface area contributed by atoms with Gasteiger partial charge in [-0.2, -0.15) is 0 Å². The second-order valence-electron chi connectivity index (χ2n) is 17.6. The first kappa shape index (κ1) is 39.7. The molecule has 56 heavy (non-hydrogen) atoms. The lowest BCUT2D eigenvalue weighted by molar-refractivity contribution is -0.140. The lowest BCUT2D eigenvalue weighted by Crippen LogP contribution is -2.55. The number of rotatable bonds is 7. The molecule has 2 amide bonds. The Kier molecular flexibility index (Phi) is 11.5. The molecule has 6 aliphatic rings. The third kappa shape index (κ3) is 6.86. The zero-order chi connectivity index (χ0) is 36.5. The minimum Gasteiger partial charge on any atom is -0.392 e. The molecular weight excluding hydrogens is 747 g/mol. The van der Waals surface area contributed by atoms with Gasteiger partial charge in [-0.05, 0) is 111 Å². The molecule has 12 heteroatoms. The van der Waals surface area contributed by atoms with Crippen molar-refractivity contribution >= 4 is 58.4 Å². The molecule has 2 saturated carbocycles. The number of nitrogens with one attached hydrogen (secondary N) is 4. The van der Waals surface area contributed by atoms with E-state index in [0.29, 0.717) is 37.8 Å². The van der Waals surface area contributed by atoms with E-state index < -0.39 is 24.0 Å². The number of aromatic amines is 2. The van der Waals surface area contributed by atoms with Gasteiger partial charge >= 0.3 is 0 Å². The van der Waals surface area contributed by atoms with Crippen molar-refractivity contribution in [2.75, 3.05) is 39.3 Å². The normalized spacial score (nSPS) is 32.3. The van der Waals surface area contributed by atoms with E-state index >= 15 is 0 Å². The van der Waals surface area contributed by atoms with Gasteiger partial charge in [0.2, 0.25) is 11.8 Å². The van der Waals surface area contributed by atoms with E-state index in [1.54, 1.807) is 0 Å². The van der Waals surface area contributed by atoms with Gasteiger partial charge in [-0.15, -0.1) is 24.8 Å². The molecular formula is C44H58Cl2N6O4. The fourth-order valence-electron chi connectivity index (χ4n) is 12.3. The highest BCUT2D eigenvalue weighted by Crippen LogP contribution is 2.51. The highest BCUT2D eigenvalue weighted by atomic mass is 35.5. The molecule has 0 unspecified atom stereocenters. The first-order valence-corrected chi connectivity index (χ1v) is 21.0. The lowest BCUT2D eigenvalue weighted by Gasteiger charge is -2.51. The predicted molar refractivity (Wildman–Crippen MR) is 223 cm³/mol. The first-order chi connectivity index (χ1) is 26.4. The van der Waals surface area contributed by atoms with E-state index in [1.807, 2.05) is 0 Å². The summed E-state index contributed by atoms with van der Waals surface area (Å²) in [6.07, 6.45) is 7.45. The molecule has 2 aliphatic carbocycles. The number of carbonyl (C=O) groups is 2. The monoisotopic (exact) mass is 804 g/mol. The number of halogens is 2. The van der Waals surface area contributed by atoms with Crippen LogP contribution < -0.4 is 10.6 Å². The van der Waals surface area contributed by atoms with Gasteiger partial charge in [0.25, 0.3) is 0 Å². The zero-order valence-electron chi connectivity index (χ0n) is 32.1. The van der Waals surface area contributed by atoms with Crippen molar-refractivity contribution in [3.05, 3.63) is 71.0 Å². The number of unbranched alkanes of at least 4 members (excludes halogenated alkanes) is 1. The van der Waals surface area contributed by atoms with Crippen molar-refractivity contribution in [1.29, 1.82) is 0 Å². The first-order valence-electron chi connectivity index (χ1n) is 21.0. The third-order valence-electron chi connectivity index (χ3n) is 14.9. The molecule has 10 rings (SSSR count). The zero-order valence-corrected chi connectivity index (χ0v) is 33.8. The number of aromatic nitrogens is 2. The van der Waals surface area contributed by atoms with Gasteiger partial charge in [0, 0.05) is 72.5 Å². The van der Waals surface area contributed by atoms with Crippen molar-refractivity contribution in [2.45, 2.75) is 88.5 Å². The topological polar surface area (TPSA) is 137 Å². The van der Waals surface area contributed by atoms with Crippen LogP contribution >= 0.6 is 24.8 Å². The Morgan fingerprint density at radius 1 is 0.643 bits per heavy atom. The maximum Gasteiger partial charge on any atom is 0.226 e. The molecule has 10 nitrogen and oxygen atoms in total. The van der Waals surface area contributed by atoms with Crippen molar-refractivity contribution in [3.8, 4) is 0 Å². The quantitative estimate of drug-likeness (QED) is 0.131. The van der Waals surface area contributed by atoms with E-state index in [0.717, 1.165) is 77.5 Å². The number of aliphatic hydroxyl groups is 2. The van der Waals surface area contributed by atoms with Crippen molar-refractivity contribution in [3.63, 3.8) is 0 Å². The van der Waals surface area contributed by atoms with E-state index in [9.17, 15) is 19.8 Å². The van der Waals surface area contributed by atoms with Crippen LogP contribution in [-0.2, 0) is 22.4 Å². The van der Waals surface area contributed by atoms with Crippen LogP contribution in [0.25, 0.3) is 21.8 Å². The van der Waals surface area contributed by atoms with Crippen molar-refractivity contribution in [1.82, 2.24) is 30.4 Å². The highest BCUT2D eigenvalue weighted by molar-refractivity contribution is 5.86. The average Bonchev–Trinajstić information content (AvgIpc) is 3.77. The Balaban J connectivity index is 0.00000220. The van der Waals surface area contributed by atoms with Crippen LogP contribution in [0.3, 0.4) is 0 Å². The minimum atomic E-state index is -0.614. The smallest absolute Gasteiger partial charge is 0.226 e. The Bertz CT molecular complexity index is 1910. The van der Waals surface area contributed by atoms with Crippen molar-refractivity contribution in [2.24, 2.45) is 35.5 Å².